The number of nitrogens with one attached hydrogen (secondary N) is 2. The van der Waals surface area contributed by atoms with E-state index in [0.29, 0.717) is 13.2 Å². The molecular weight excluding hydrogens is 338 g/mol. The van der Waals surface area contributed by atoms with Crippen molar-refractivity contribution in [2.24, 2.45) is 0 Å². The first-order valence-corrected chi connectivity index (χ1v) is 9.58. The number of aromatic nitrogens is 1. The number of likely N-dealkylation sites (tertiary alicyclic amines) is 1. The Labute approximate surface area is 158 Å². The molecule has 0 spiro atoms. The van der Waals surface area contributed by atoms with Crippen LogP contribution in [0.1, 0.15) is 23.5 Å². The van der Waals surface area contributed by atoms with Crippen LogP contribution in [0.5, 0.6) is 0 Å². The number of ether oxygens (including phenoxy) is 1. The fraction of sp³-hybridized carbons (Fsp3) is 0.318. The van der Waals surface area contributed by atoms with Crippen LogP contribution in [0.4, 0.5) is 4.79 Å². The molecule has 5 heteroatoms. The number of fused-ring (bicyclic) bond motifs is 2. The molecule has 27 heavy (non-hydrogen) atoms. The summed E-state index contributed by atoms with van der Waals surface area (Å²) in [6.45, 7) is 1.95. The third-order valence-electron chi connectivity index (χ3n) is 5.92. The van der Waals surface area contributed by atoms with E-state index in [-0.39, 0.29) is 24.1 Å². The van der Waals surface area contributed by atoms with Gasteiger partial charge in [0.1, 0.15) is 6.61 Å². The zero-order valence-corrected chi connectivity index (χ0v) is 15.1. The molecule has 0 radical (unpaired) electrons. The quantitative estimate of drug-likeness (QED) is 0.749. The predicted octanol–water partition coefficient (Wildman–Crippen LogP) is 3.63. The lowest BCUT2D eigenvalue weighted by Gasteiger charge is -2.22. The maximum Gasteiger partial charge on any atom is 0.410 e. The van der Waals surface area contributed by atoms with E-state index in [1.165, 1.54) is 10.9 Å². The summed E-state index contributed by atoms with van der Waals surface area (Å²) in [5.74, 6) is 0.276. The number of carbonyl (C=O) groups excluding carboxylic acids is 1. The van der Waals surface area contributed by atoms with Crippen molar-refractivity contribution >= 4 is 17.0 Å². The summed E-state index contributed by atoms with van der Waals surface area (Å²) in [7, 11) is 0. The summed E-state index contributed by atoms with van der Waals surface area (Å²) in [5.41, 5.74) is 3.44. The summed E-state index contributed by atoms with van der Waals surface area (Å²) < 4.78 is 5.62. The molecule has 2 aliphatic rings. The summed E-state index contributed by atoms with van der Waals surface area (Å²) in [6, 6.07) is 18.7. The number of carbonyl (C=O) groups is 1. The Bertz CT molecular complexity index is 952. The van der Waals surface area contributed by atoms with Crippen molar-refractivity contribution in [2.45, 2.75) is 31.0 Å². The Kier molecular flexibility index (Phi) is 4.09. The third-order valence-corrected chi connectivity index (χ3v) is 5.92. The van der Waals surface area contributed by atoms with Gasteiger partial charge in [-0.25, -0.2) is 4.79 Å². The van der Waals surface area contributed by atoms with E-state index in [0.717, 1.165) is 24.0 Å². The van der Waals surface area contributed by atoms with E-state index >= 15 is 0 Å². The number of amides is 1. The van der Waals surface area contributed by atoms with E-state index in [1.807, 2.05) is 41.3 Å². The van der Waals surface area contributed by atoms with Gasteiger partial charge in [-0.15, -0.1) is 0 Å². The predicted molar refractivity (Wildman–Crippen MR) is 105 cm³/mol. The molecule has 1 amide bonds. The average molecular weight is 361 g/mol. The van der Waals surface area contributed by atoms with Crippen molar-refractivity contribution in [1.29, 1.82) is 0 Å². The van der Waals surface area contributed by atoms with E-state index in [9.17, 15) is 4.79 Å². The van der Waals surface area contributed by atoms with Crippen LogP contribution in [0.15, 0.2) is 60.8 Å². The molecule has 5 nitrogen and oxygen atoms in total. The molecule has 2 saturated heterocycles. The molecule has 1 aromatic heterocycles. The Morgan fingerprint density at radius 2 is 1.93 bits per heavy atom. The number of hydrogen-bond acceptors (Lipinski definition) is 3. The summed E-state index contributed by atoms with van der Waals surface area (Å²) in [5, 5.41) is 4.86. The SMILES string of the molecule is O=C(OCc1ccccc1)N1C[C@H](c2c[nH]c3ccccc23)[C@H]2NCC[C@H]21. The molecule has 2 aliphatic heterocycles. The number of benzene rings is 2. The smallest absolute Gasteiger partial charge is 0.410 e. The number of para-hydroxylation sites is 1. The minimum atomic E-state index is -0.208. The number of nitrogens with zero attached hydrogens (tertiary/aromatic N) is 1. The van der Waals surface area contributed by atoms with Gasteiger partial charge < -0.3 is 19.9 Å². The lowest BCUT2D eigenvalue weighted by molar-refractivity contribution is 0.0920. The first kappa shape index (κ1) is 16.4. The number of H-pyrrole nitrogens is 1. The Balaban J connectivity index is 1.36. The highest BCUT2D eigenvalue weighted by Gasteiger charge is 2.48. The molecule has 2 fully saturated rings. The van der Waals surface area contributed by atoms with Crippen molar-refractivity contribution < 1.29 is 9.53 Å². The topological polar surface area (TPSA) is 57.4 Å². The standard InChI is InChI=1S/C22H23N3O2/c26-22(27-14-15-6-2-1-3-7-15)25-13-18(21-20(25)10-11-23-21)17-12-24-19-9-5-4-8-16(17)19/h1-9,12,18,20-21,23-24H,10-11,13-14H2/t18-,20-,21-/m1/s1. The number of hydrogen-bond donors (Lipinski definition) is 2. The summed E-state index contributed by atoms with van der Waals surface area (Å²) in [4.78, 5) is 18.1. The lowest BCUT2D eigenvalue weighted by atomic mass is 9.92. The molecule has 5 rings (SSSR count). The molecule has 0 aliphatic carbocycles. The van der Waals surface area contributed by atoms with Gasteiger partial charge in [0, 0.05) is 35.6 Å². The highest BCUT2D eigenvalue weighted by atomic mass is 16.6. The fourth-order valence-electron chi connectivity index (χ4n) is 4.64. The monoisotopic (exact) mass is 361 g/mol. The summed E-state index contributed by atoms with van der Waals surface area (Å²) in [6.07, 6.45) is 2.87. The molecule has 2 aromatic carbocycles. The van der Waals surface area contributed by atoms with Gasteiger partial charge in [0.15, 0.2) is 0 Å². The number of aromatic amines is 1. The number of rotatable bonds is 3. The molecule has 138 valence electrons. The second kappa shape index (κ2) is 6.74. The van der Waals surface area contributed by atoms with Crippen molar-refractivity contribution in [3.05, 3.63) is 71.9 Å². The highest BCUT2D eigenvalue weighted by Crippen LogP contribution is 2.39. The van der Waals surface area contributed by atoms with Crippen LogP contribution in [0.25, 0.3) is 10.9 Å². The fourth-order valence-corrected chi connectivity index (χ4v) is 4.64. The molecule has 0 unspecified atom stereocenters. The van der Waals surface area contributed by atoms with E-state index < -0.39 is 0 Å². The third kappa shape index (κ3) is 2.88. The molecule has 3 atom stereocenters. The van der Waals surface area contributed by atoms with Crippen LogP contribution < -0.4 is 5.32 Å². The van der Waals surface area contributed by atoms with Gasteiger partial charge in [-0.2, -0.15) is 0 Å². The van der Waals surface area contributed by atoms with Crippen LogP contribution in [0.3, 0.4) is 0 Å². The van der Waals surface area contributed by atoms with Crippen molar-refractivity contribution in [1.82, 2.24) is 15.2 Å². The van der Waals surface area contributed by atoms with Gasteiger partial charge in [-0.1, -0.05) is 48.5 Å². The molecule has 0 saturated carbocycles. The second-order valence-electron chi connectivity index (χ2n) is 7.42. The minimum Gasteiger partial charge on any atom is -0.445 e. The van der Waals surface area contributed by atoms with Gasteiger partial charge in [0.2, 0.25) is 0 Å². The zero-order chi connectivity index (χ0) is 18.2. The first-order chi connectivity index (χ1) is 13.3. The molecule has 3 heterocycles. The van der Waals surface area contributed by atoms with Gasteiger partial charge in [-0.05, 0) is 30.2 Å². The normalized spacial score (nSPS) is 24.3. The van der Waals surface area contributed by atoms with Crippen molar-refractivity contribution in [3.8, 4) is 0 Å². The highest BCUT2D eigenvalue weighted by molar-refractivity contribution is 5.84. The van der Waals surface area contributed by atoms with E-state index in [1.54, 1.807) is 0 Å². The van der Waals surface area contributed by atoms with Crippen molar-refractivity contribution in [2.75, 3.05) is 13.1 Å². The van der Waals surface area contributed by atoms with Gasteiger partial charge in [-0.3, -0.25) is 0 Å². The Morgan fingerprint density at radius 1 is 1.11 bits per heavy atom. The maximum atomic E-state index is 12.8. The second-order valence-corrected chi connectivity index (χ2v) is 7.42. The van der Waals surface area contributed by atoms with Gasteiger partial charge in [0.05, 0.1) is 6.04 Å². The maximum absolute atomic E-state index is 12.8. The van der Waals surface area contributed by atoms with Crippen LogP contribution >= 0.6 is 0 Å². The van der Waals surface area contributed by atoms with Crippen LogP contribution in [0.2, 0.25) is 0 Å². The van der Waals surface area contributed by atoms with Crippen LogP contribution in [-0.4, -0.2) is 41.2 Å². The largest absolute Gasteiger partial charge is 0.445 e. The van der Waals surface area contributed by atoms with E-state index in [4.69, 9.17) is 4.74 Å². The lowest BCUT2D eigenvalue weighted by Crippen LogP contribution is -2.39. The van der Waals surface area contributed by atoms with Crippen molar-refractivity contribution in [3.63, 3.8) is 0 Å². The van der Waals surface area contributed by atoms with Gasteiger partial charge >= 0.3 is 6.09 Å². The summed E-state index contributed by atoms with van der Waals surface area (Å²) >= 11 is 0. The average Bonchev–Trinajstić information content (AvgIpc) is 3.42. The first-order valence-electron chi connectivity index (χ1n) is 9.58. The molecule has 0 bridgehead atoms. The zero-order valence-electron chi connectivity index (χ0n) is 15.1. The molecular formula is C22H23N3O2. The van der Waals surface area contributed by atoms with Crippen LogP contribution in [-0.2, 0) is 11.3 Å². The minimum absolute atomic E-state index is 0.201. The Morgan fingerprint density at radius 3 is 2.81 bits per heavy atom. The molecule has 2 N–H and O–H groups in total. The molecule has 3 aromatic rings. The van der Waals surface area contributed by atoms with Gasteiger partial charge in [0.25, 0.3) is 0 Å². The van der Waals surface area contributed by atoms with Crippen LogP contribution in [0, 0.1) is 0 Å². The Hall–Kier alpha value is -2.79. The van der Waals surface area contributed by atoms with E-state index in [2.05, 4.69) is 34.7 Å².